The summed E-state index contributed by atoms with van der Waals surface area (Å²) in [4.78, 5) is 26.8. The van der Waals surface area contributed by atoms with Gasteiger partial charge in [-0.2, -0.15) is 0 Å². The van der Waals surface area contributed by atoms with Crippen LogP contribution < -0.4 is 20.3 Å². The maximum atomic E-state index is 12.6. The molecular formula is C26H25N3O3. The second kappa shape index (κ2) is 8.75. The molecule has 1 aliphatic carbocycles. The summed E-state index contributed by atoms with van der Waals surface area (Å²) >= 11 is 0. The molecule has 0 spiro atoms. The molecule has 3 amide bonds. The third kappa shape index (κ3) is 4.30. The standard InChI is InChI=1S/C26H25N3O3/c30-25-17-32-24-15-22(12-13-23(24)29(25)16-18-6-2-1-3-7-18)28-26(31)27-21-11-10-19-8-4-5-9-20(19)14-21/h1-9,12-13,15,21H,10-11,14,16-17H2,(H2,27,28,31). The lowest BCUT2D eigenvalue weighted by atomic mass is 9.88. The van der Waals surface area contributed by atoms with Crippen molar-refractivity contribution in [2.45, 2.75) is 31.8 Å². The first kappa shape index (κ1) is 20.1. The molecule has 1 atom stereocenters. The minimum Gasteiger partial charge on any atom is -0.481 e. The van der Waals surface area contributed by atoms with Gasteiger partial charge in [0.25, 0.3) is 5.91 Å². The molecule has 2 N–H and O–H groups in total. The van der Waals surface area contributed by atoms with E-state index in [1.807, 2.05) is 42.5 Å². The topological polar surface area (TPSA) is 70.7 Å². The Morgan fingerprint density at radius 1 is 1.00 bits per heavy atom. The monoisotopic (exact) mass is 427 g/mol. The summed E-state index contributed by atoms with van der Waals surface area (Å²) in [7, 11) is 0. The number of fused-ring (bicyclic) bond motifs is 2. The fraction of sp³-hybridized carbons (Fsp3) is 0.231. The quantitative estimate of drug-likeness (QED) is 0.653. The van der Waals surface area contributed by atoms with Crippen molar-refractivity contribution >= 4 is 23.3 Å². The van der Waals surface area contributed by atoms with Crippen LogP contribution in [0.5, 0.6) is 5.75 Å². The lowest BCUT2D eigenvalue weighted by Gasteiger charge is -2.30. The average molecular weight is 428 g/mol. The number of rotatable bonds is 4. The van der Waals surface area contributed by atoms with Crippen LogP contribution in [-0.4, -0.2) is 24.6 Å². The highest BCUT2D eigenvalue weighted by molar-refractivity contribution is 5.98. The van der Waals surface area contributed by atoms with Crippen LogP contribution in [-0.2, 0) is 24.2 Å². The molecule has 3 aromatic carbocycles. The van der Waals surface area contributed by atoms with Gasteiger partial charge in [0.15, 0.2) is 6.61 Å². The highest BCUT2D eigenvalue weighted by Gasteiger charge is 2.26. The second-order valence-corrected chi connectivity index (χ2v) is 8.24. The number of aryl methyl sites for hydroxylation is 1. The van der Waals surface area contributed by atoms with Gasteiger partial charge in [-0.1, -0.05) is 54.6 Å². The summed E-state index contributed by atoms with van der Waals surface area (Å²) in [6.07, 6.45) is 2.74. The number of urea groups is 1. The number of benzene rings is 3. The molecule has 0 radical (unpaired) electrons. The van der Waals surface area contributed by atoms with E-state index in [0.717, 1.165) is 24.8 Å². The van der Waals surface area contributed by atoms with Gasteiger partial charge >= 0.3 is 6.03 Å². The van der Waals surface area contributed by atoms with Crippen LogP contribution in [0.1, 0.15) is 23.1 Å². The Hall–Kier alpha value is -3.80. The number of nitrogens with one attached hydrogen (secondary N) is 2. The van der Waals surface area contributed by atoms with E-state index in [4.69, 9.17) is 4.74 Å². The molecule has 32 heavy (non-hydrogen) atoms. The minimum absolute atomic E-state index is 0.0169. The summed E-state index contributed by atoms with van der Waals surface area (Å²) in [6.45, 7) is 0.462. The van der Waals surface area contributed by atoms with Gasteiger partial charge in [-0.25, -0.2) is 4.79 Å². The predicted octanol–water partition coefficient (Wildman–Crippen LogP) is 4.29. The number of hydrogen-bond donors (Lipinski definition) is 2. The van der Waals surface area contributed by atoms with Crippen molar-refractivity contribution in [1.29, 1.82) is 0 Å². The van der Waals surface area contributed by atoms with Gasteiger partial charge in [-0.05, 0) is 48.1 Å². The maximum absolute atomic E-state index is 12.6. The summed E-state index contributed by atoms with van der Waals surface area (Å²) in [5.74, 6) is 0.502. The van der Waals surface area contributed by atoms with Crippen molar-refractivity contribution in [2.24, 2.45) is 0 Å². The fourth-order valence-corrected chi connectivity index (χ4v) is 4.40. The molecule has 162 valence electrons. The fourth-order valence-electron chi connectivity index (χ4n) is 4.40. The summed E-state index contributed by atoms with van der Waals surface area (Å²) in [5.41, 5.74) is 5.05. The Balaban J connectivity index is 1.25. The number of carbonyl (C=O) groups excluding carboxylic acids is 2. The summed E-state index contributed by atoms with van der Waals surface area (Å²) in [6, 6.07) is 23.5. The highest BCUT2D eigenvalue weighted by Crippen LogP contribution is 2.35. The first-order valence-electron chi connectivity index (χ1n) is 10.9. The molecule has 0 fully saturated rings. The molecule has 2 aliphatic rings. The van der Waals surface area contributed by atoms with Crippen LogP contribution in [0, 0.1) is 0 Å². The van der Waals surface area contributed by atoms with E-state index >= 15 is 0 Å². The van der Waals surface area contributed by atoms with E-state index in [1.165, 1.54) is 11.1 Å². The molecule has 1 unspecified atom stereocenters. The van der Waals surface area contributed by atoms with Crippen LogP contribution in [0.2, 0.25) is 0 Å². The largest absolute Gasteiger partial charge is 0.481 e. The highest BCUT2D eigenvalue weighted by atomic mass is 16.5. The molecule has 1 heterocycles. The Morgan fingerprint density at radius 3 is 2.62 bits per heavy atom. The molecule has 0 bridgehead atoms. The van der Waals surface area contributed by atoms with Gasteiger partial charge in [0.1, 0.15) is 5.75 Å². The van der Waals surface area contributed by atoms with Crippen molar-refractivity contribution in [1.82, 2.24) is 5.32 Å². The third-order valence-electron chi connectivity index (χ3n) is 6.03. The Labute approximate surface area is 187 Å². The number of amides is 3. The van der Waals surface area contributed by atoms with Crippen LogP contribution in [0.25, 0.3) is 0 Å². The van der Waals surface area contributed by atoms with E-state index < -0.39 is 0 Å². The van der Waals surface area contributed by atoms with Crippen LogP contribution in [0.4, 0.5) is 16.2 Å². The Kier molecular flexibility index (Phi) is 5.50. The van der Waals surface area contributed by atoms with Gasteiger partial charge in [0, 0.05) is 17.8 Å². The number of anilines is 2. The molecule has 6 nitrogen and oxygen atoms in total. The second-order valence-electron chi connectivity index (χ2n) is 8.24. The molecule has 0 saturated carbocycles. The van der Waals surface area contributed by atoms with Crippen molar-refractivity contribution in [3.8, 4) is 5.75 Å². The van der Waals surface area contributed by atoms with Crippen molar-refractivity contribution in [3.63, 3.8) is 0 Å². The minimum atomic E-state index is -0.234. The van der Waals surface area contributed by atoms with Crippen molar-refractivity contribution in [3.05, 3.63) is 89.5 Å². The van der Waals surface area contributed by atoms with E-state index in [9.17, 15) is 9.59 Å². The molecule has 3 aromatic rings. The maximum Gasteiger partial charge on any atom is 0.319 e. The van der Waals surface area contributed by atoms with Crippen molar-refractivity contribution in [2.75, 3.05) is 16.8 Å². The number of carbonyl (C=O) groups is 2. The van der Waals surface area contributed by atoms with Gasteiger partial charge < -0.3 is 20.3 Å². The Morgan fingerprint density at radius 2 is 1.78 bits per heavy atom. The van der Waals surface area contributed by atoms with Crippen LogP contribution >= 0.6 is 0 Å². The summed E-state index contributed by atoms with van der Waals surface area (Å²) < 4.78 is 5.65. The lowest BCUT2D eigenvalue weighted by molar-refractivity contribution is -0.121. The molecular weight excluding hydrogens is 402 g/mol. The smallest absolute Gasteiger partial charge is 0.319 e. The SMILES string of the molecule is O=C(Nc1ccc2c(c1)OCC(=O)N2Cc1ccccc1)NC1CCc2ccccc2C1. The molecule has 5 rings (SSSR count). The first-order chi connectivity index (χ1) is 15.7. The van der Waals surface area contributed by atoms with Gasteiger partial charge in [-0.15, -0.1) is 0 Å². The zero-order valence-corrected chi connectivity index (χ0v) is 17.7. The van der Waals surface area contributed by atoms with Gasteiger partial charge in [0.2, 0.25) is 0 Å². The molecule has 0 aromatic heterocycles. The molecule has 0 saturated heterocycles. The molecule has 1 aliphatic heterocycles. The van der Waals surface area contributed by atoms with E-state index in [2.05, 4.69) is 28.8 Å². The van der Waals surface area contributed by atoms with E-state index in [-0.39, 0.29) is 24.6 Å². The molecule has 6 heteroatoms. The summed E-state index contributed by atoms with van der Waals surface area (Å²) in [5, 5.41) is 5.99. The van der Waals surface area contributed by atoms with E-state index in [0.29, 0.717) is 23.7 Å². The van der Waals surface area contributed by atoms with Gasteiger partial charge in [0.05, 0.1) is 12.2 Å². The predicted molar refractivity (Wildman–Crippen MR) is 124 cm³/mol. The number of nitrogens with zero attached hydrogens (tertiary/aromatic N) is 1. The number of hydrogen-bond acceptors (Lipinski definition) is 3. The zero-order valence-electron chi connectivity index (χ0n) is 17.7. The lowest BCUT2D eigenvalue weighted by Crippen LogP contribution is -2.41. The van der Waals surface area contributed by atoms with Crippen LogP contribution in [0.15, 0.2) is 72.8 Å². The number of ether oxygens (including phenoxy) is 1. The van der Waals surface area contributed by atoms with Crippen LogP contribution in [0.3, 0.4) is 0 Å². The van der Waals surface area contributed by atoms with E-state index in [1.54, 1.807) is 17.0 Å². The van der Waals surface area contributed by atoms with Gasteiger partial charge in [-0.3, -0.25) is 4.79 Å². The zero-order chi connectivity index (χ0) is 21.9. The normalized spacial score (nSPS) is 17.1. The van der Waals surface area contributed by atoms with Crippen molar-refractivity contribution < 1.29 is 14.3 Å². The third-order valence-corrected chi connectivity index (χ3v) is 6.03. The average Bonchev–Trinajstić information content (AvgIpc) is 2.81. The first-order valence-corrected chi connectivity index (χ1v) is 10.9. The Bertz CT molecular complexity index is 1150.